The minimum absolute atomic E-state index is 0.0238. The van der Waals surface area contributed by atoms with Crippen LogP contribution >= 0.6 is 15.9 Å². The van der Waals surface area contributed by atoms with Crippen molar-refractivity contribution in [2.24, 2.45) is 0 Å². The number of hydrogen-bond acceptors (Lipinski definition) is 1. The molecule has 3 nitrogen and oxygen atoms in total. The van der Waals surface area contributed by atoms with Gasteiger partial charge in [-0.3, -0.25) is 4.79 Å². The Kier molecular flexibility index (Phi) is 2.15. The Morgan fingerprint density at radius 2 is 2.46 bits per heavy atom. The van der Waals surface area contributed by atoms with E-state index in [0.29, 0.717) is 0 Å². The monoisotopic (exact) mass is 242 g/mol. The number of halogens is 1. The number of carbonyl (C=O) groups is 1. The highest BCUT2D eigenvalue weighted by Gasteiger charge is 2.18. The van der Waals surface area contributed by atoms with Crippen molar-refractivity contribution in [2.45, 2.75) is 25.9 Å². The second-order valence-corrected chi connectivity index (χ2v) is 4.32. The van der Waals surface area contributed by atoms with E-state index in [1.807, 2.05) is 23.8 Å². The first-order valence-electron chi connectivity index (χ1n) is 4.33. The van der Waals surface area contributed by atoms with Crippen molar-refractivity contribution in [1.82, 2.24) is 9.88 Å². The minimum Gasteiger partial charge on any atom is -0.348 e. The predicted molar refractivity (Wildman–Crippen MR) is 53.7 cm³/mol. The highest BCUT2D eigenvalue weighted by molar-refractivity contribution is 9.10. The standard InChI is InChI=1S/C9H11BrN2O/c1-6-2-3-12-5-7(10)4-8(12)9(13)11-6/h4-6H,2-3H2,1H3,(H,11,13)/t6-/m0/s1. The van der Waals surface area contributed by atoms with Crippen molar-refractivity contribution >= 4 is 21.8 Å². The lowest BCUT2D eigenvalue weighted by Crippen LogP contribution is -2.30. The quantitative estimate of drug-likeness (QED) is 0.740. The second-order valence-electron chi connectivity index (χ2n) is 3.40. The smallest absolute Gasteiger partial charge is 0.268 e. The van der Waals surface area contributed by atoms with Gasteiger partial charge in [0, 0.05) is 23.3 Å². The summed E-state index contributed by atoms with van der Waals surface area (Å²) in [6, 6.07) is 2.12. The number of aromatic nitrogens is 1. The van der Waals surface area contributed by atoms with Crippen molar-refractivity contribution in [3.63, 3.8) is 0 Å². The van der Waals surface area contributed by atoms with E-state index in [1.54, 1.807) is 0 Å². The van der Waals surface area contributed by atoms with Gasteiger partial charge in [0.1, 0.15) is 5.69 Å². The third kappa shape index (κ3) is 1.63. The Morgan fingerprint density at radius 3 is 3.23 bits per heavy atom. The molecule has 0 saturated heterocycles. The molecule has 1 aliphatic heterocycles. The van der Waals surface area contributed by atoms with Crippen molar-refractivity contribution in [3.05, 3.63) is 22.4 Å². The highest BCUT2D eigenvalue weighted by Crippen LogP contribution is 2.17. The second kappa shape index (κ2) is 3.18. The summed E-state index contributed by atoms with van der Waals surface area (Å²) in [6.07, 6.45) is 2.94. The van der Waals surface area contributed by atoms with Gasteiger partial charge in [-0.2, -0.15) is 0 Å². The molecule has 0 aliphatic carbocycles. The van der Waals surface area contributed by atoms with Gasteiger partial charge in [0.25, 0.3) is 5.91 Å². The molecule has 13 heavy (non-hydrogen) atoms. The van der Waals surface area contributed by atoms with Crippen molar-refractivity contribution in [3.8, 4) is 0 Å². The zero-order valence-electron chi connectivity index (χ0n) is 7.38. The average molecular weight is 243 g/mol. The van der Waals surface area contributed by atoms with Crippen LogP contribution in [0.15, 0.2) is 16.7 Å². The van der Waals surface area contributed by atoms with Crippen molar-refractivity contribution in [2.75, 3.05) is 0 Å². The molecule has 1 aliphatic rings. The molecule has 1 amide bonds. The Hall–Kier alpha value is -0.770. The number of fused-ring (bicyclic) bond motifs is 1. The molecule has 2 heterocycles. The molecule has 1 N–H and O–H groups in total. The Bertz CT molecular complexity index is 345. The first kappa shape index (κ1) is 8.81. The number of hydrogen-bond donors (Lipinski definition) is 1. The molecule has 0 aromatic carbocycles. The van der Waals surface area contributed by atoms with Gasteiger partial charge >= 0.3 is 0 Å². The van der Waals surface area contributed by atoms with Crippen molar-refractivity contribution in [1.29, 1.82) is 0 Å². The molecule has 1 atom stereocenters. The third-order valence-corrected chi connectivity index (χ3v) is 2.71. The summed E-state index contributed by atoms with van der Waals surface area (Å²) in [6.45, 7) is 2.93. The van der Waals surface area contributed by atoms with Gasteiger partial charge in [0.2, 0.25) is 0 Å². The van der Waals surface area contributed by atoms with E-state index >= 15 is 0 Å². The zero-order chi connectivity index (χ0) is 9.42. The number of rotatable bonds is 0. The fraction of sp³-hybridized carbons (Fsp3) is 0.444. The third-order valence-electron chi connectivity index (χ3n) is 2.28. The number of nitrogens with one attached hydrogen (secondary N) is 1. The fourth-order valence-electron chi connectivity index (χ4n) is 1.55. The van der Waals surface area contributed by atoms with E-state index in [-0.39, 0.29) is 11.9 Å². The maximum atomic E-state index is 11.6. The first-order valence-corrected chi connectivity index (χ1v) is 5.12. The maximum Gasteiger partial charge on any atom is 0.268 e. The molecule has 1 aromatic heterocycles. The lowest BCUT2D eigenvalue weighted by molar-refractivity contribution is 0.0938. The van der Waals surface area contributed by atoms with Crippen LogP contribution in [0.5, 0.6) is 0 Å². The van der Waals surface area contributed by atoms with Crippen LogP contribution in [-0.4, -0.2) is 16.5 Å². The van der Waals surface area contributed by atoms with Crippen LogP contribution in [0.25, 0.3) is 0 Å². The fourth-order valence-corrected chi connectivity index (χ4v) is 2.02. The van der Waals surface area contributed by atoms with Crippen LogP contribution in [0.2, 0.25) is 0 Å². The number of nitrogens with zero attached hydrogens (tertiary/aromatic N) is 1. The summed E-state index contributed by atoms with van der Waals surface area (Å²) in [4.78, 5) is 11.6. The molecule has 0 radical (unpaired) electrons. The molecule has 0 spiro atoms. The number of aryl methyl sites for hydroxylation is 1. The van der Waals surface area contributed by atoms with E-state index < -0.39 is 0 Å². The normalized spacial score (nSPS) is 22.0. The summed E-state index contributed by atoms with van der Waals surface area (Å²) in [5.74, 6) is 0.0238. The molecule has 1 aromatic rings. The zero-order valence-corrected chi connectivity index (χ0v) is 8.97. The highest BCUT2D eigenvalue weighted by atomic mass is 79.9. The molecule has 0 unspecified atom stereocenters. The first-order chi connectivity index (χ1) is 6.16. The van der Waals surface area contributed by atoms with Crippen LogP contribution in [-0.2, 0) is 6.54 Å². The summed E-state index contributed by atoms with van der Waals surface area (Å²) in [5.41, 5.74) is 0.747. The summed E-state index contributed by atoms with van der Waals surface area (Å²) in [5, 5.41) is 2.93. The topological polar surface area (TPSA) is 34.0 Å². The lowest BCUT2D eigenvalue weighted by atomic mass is 10.2. The lowest BCUT2D eigenvalue weighted by Gasteiger charge is -2.07. The molecule has 4 heteroatoms. The van der Waals surface area contributed by atoms with Crippen LogP contribution in [0.1, 0.15) is 23.8 Å². The van der Waals surface area contributed by atoms with E-state index in [1.165, 1.54) is 0 Å². The Morgan fingerprint density at radius 1 is 1.69 bits per heavy atom. The number of amides is 1. The van der Waals surface area contributed by atoms with Gasteiger partial charge in [-0.15, -0.1) is 0 Å². The maximum absolute atomic E-state index is 11.6. The SMILES string of the molecule is C[C@H]1CCn2cc(Br)cc2C(=O)N1. The van der Waals surface area contributed by atoms with Crippen LogP contribution in [0.4, 0.5) is 0 Å². The van der Waals surface area contributed by atoms with Crippen molar-refractivity contribution < 1.29 is 4.79 Å². The molecule has 70 valence electrons. The van der Waals surface area contributed by atoms with Crippen LogP contribution < -0.4 is 5.32 Å². The van der Waals surface area contributed by atoms with E-state index in [0.717, 1.165) is 23.1 Å². The molecule has 0 bridgehead atoms. The van der Waals surface area contributed by atoms with Crippen LogP contribution in [0.3, 0.4) is 0 Å². The van der Waals surface area contributed by atoms with E-state index in [4.69, 9.17) is 0 Å². The van der Waals surface area contributed by atoms with Gasteiger partial charge in [-0.05, 0) is 35.3 Å². The number of carbonyl (C=O) groups excluding carboxylic acids is 1. The molecule has 0 fully saturated rings. The van der Waals surface area contributed by atoms with E-state index in [9.17, 15) is 4.79 Å². The largest absolute Gasteiger partial charge is 0.348 e. The Balaban J connectivity index is 2.39. The summed E-state index contributed by atoms with van der Waals surface area (Å²) < 4.78 is 2.95. The molecule has 2 rings (SSSR count). The van der Waals surface area contributed by atoms with Gasteiger partial charge < -0.3 is 9.88 Å². The molecular weight excluding hydrogens is 232 g/mol. The van der Waals surface area contributed by atoms with Crippen LogP contribution in [0, 0.1) is 0 Å². The summed E-state index contributed by atoms with van der Waals surface area (Å²) in [7, 11) is 0. The minimum atomic E-state index is 0.0238. The predicted octanol–water partition coefficient (Wildman–Crippen LogP) is 1.77. The van der Waals surface area contributed by atoms with Gasteiger partial charge in [-0.25, -0.2) is 0 Å². The van der Waals surface area contributed by atoms with Gasteiger partial charge in [0.15, 0.2) is 0 Å². The molecular formula is C9H11BrN2O. The Labute approximate surface area is 85.2 Å². The van der Waals surface area contributed by atoms with Gasteiger partial charge in [-0.1, -0.05) is 0 Å². The summed E-state index contributed by atoms with van der Waals surface area (Å²) >= 11 is 3.36. The average Bonchev–Trinajstić information content (AvgIpc) is 2.38. The molecule has 0 saturated carbocycles. The van der Waals surface area contributed by atoms with Gasteiger partial charge in [0.05, 0.1) is 0 Å². The van der Waals surface area contributed by atoms with E-state index in [2.05, 4.69) is 21.2 Å².